The van der Waals surface area contributed by atoms with E-state index in [1.807, 2.05) is 84.4 Å². The molecule has 7 nitrogen and oxygen atoms in total. The van der Waals surface area contributed by atoms with Gasteiger partial charge in [0.15, 0.2) is 11.0 Å². The lowest BCUT2D eigenvalue weighted by Gasteiger charge is -2.16. The summed E-state index contributed by atoms with van der Waals surface area (Å²) in [7, 11) is 5.13. The van der Waals surface area contributed by atoms with Crippen LogP contribution in [0.1, 0.15) is 29.3 Å². The van der Waals surface area contributed by atoms with Crippen LogP contribution >= 0.6 is 11.8 Å². The van der Waals surface area contributed by atoms with E-state index in [0.717, 1.165) is 46.4 Å². The molecule has 0 radical (unpaired) electrons. The van der Waals surface area contributed by atoms with Crippen LogP contribution in [0.25, 0.3) is 17.1 Å². The molecule has 0 saturated heterocycles. The summed E-state index contributed by atoms with van der Waals surface area (Å²) in [5, 5.41) is 9.79. The molecular formula is C28H30N4O3S. The van der Waals surface area contributed by atoms with Crippen molar-refractivity contribution < 1.29 is 14.3 Å². The molecule has 4 rings (SSSR count). The van der Waals surface area contributed by atoms with Crippen molar-refractivity contribution in [1.29, 1.82) is 0 Å². The Morgan fingerprint density at radius 3 is 2.47 bits per heavy atom. The standard InChI is InChI=1S/C28H30N4O3S/c1-5-17-31(2)27(33)21-15-13-20(14-16-21)19-36-28-30-29-26(22-9-8-10-23(18-22)34-3)32(28)24-11-6-7-12-25(24)35-4/h6-16,18H,5,17,19H2,1-4H3. The summed E-state index contributed by atoms with van der Waals surface area (Å²) in [6, 6.07) is 23.3. The predicted molar refractivity (Wildman–Crippen MR) is 143 cm³/mol. The molecule has 36 heavy (non-hydrogen) atoms. The van der Waals surface area contributed by atoms with Gasteiger partial charge >= 0.3 is 0 Å². The third-order valence-electron chi connectivity index (χ3n) is 5.76. The van der Waals surface area contributed by atoms with E-state index < -0.39 is 0 Å². The van der Waals surface area contributed by atoms with Gasteiger partial charge in [-0.05, 0) is 48.4 Å². The van der Waals surface area contributed by atoms with Crippen LogP contribution in [0.2, 0.25) is 0 Å². The number of thioether (sulfide) groups is 1. The second kappa shape index (κ2) is 11.8. The van der Waals surface area contributed by atoms with Crippen molar-refractivity contribution in [3.05, 3.63) is 83.9 Å². The maximum Gasteiger partial charge on any atom is 0.253 e. The predicted octanol–water partition coefficient (Wildman–Crippen LogP) is 5.73. The first kappa shape index (κ1) is 25.3. The monoisotopic (exact) mass is 502 g/mol. The topological polar surface area (TPSA) is 69.5 Å². The van der Waals surface area contributed by atoms with E-state index in [-0.39, 0.29) is 5.91 Å². The molecule has 0 fully saturated rings. The molecule has 0 atom stereocenters. The molecule has 4 aromatic rings. The number of carbonyl (C=O) groups excluding carboxylic acids is 1. The minimum atomic E-state index is 0.0369. The summed E-state index contributed by atoms with van der Waals surface area (Å²) in [6.45, 7) is 2.80. The molecule has 0 aliphatic heterocycles. The molecule has 0 bridgehead atoms. The smallest absolute Gasteiger partial charge is 0.253 e. The van der Waals surface area contributed by atoms with Crippen LogP contribution in [0.4, 0.5) is 0 Å². The van der Waals surface area contributed by atoms with Crippen molar-refractivity contribution in [2.24, 2.45) is 0 Å². The second-order valence-corrected chi connectivity index (χ2v) is 9.20. The van der Waals surface area contributed by atoms with Crippen molar-refractivity contribution in [3.8, 4) is 28.6 Å². The average Bonchev–Trinajstić information content (AvgIpc) is 3.35. The van der Waals surface area contributed by atoms with Crippen LogP contribution in [-0.4, -0.2) is 53.4 Å². The number of aromatic nitrogens is 3. The largest absolute Gasteiger partial charge is 0.497 e. The fourth-order valence-electron chi connectivity index (χ4n) is 3.89. The van der Waals surface area contributed by atoms with E-state index in [9.17, 15) is 4.79 Å². The number of hydrogen-bond acceptors (Lipinski definition) is 6. The molecule has 0 unspecified atom stereocenters. The molecule has 0 spiro atoms. The Bertz CT molecular complexity index is 1320. The highest BCUT2D eigenvalue weighted by Gasteiger charge is 2.19. The van der Waals surface area contributed by atoms with Gasteiger partial charge in [-0.25, -0.2) is 0 Å². The van der Waals surface area contributed by atoms with E-state index in [2.05, 4.69) is 17.1 Å². The molecule has 1 aromatic heterocycles. The van der Waals surface area contributed by atoms with Crippen LogP contribution in [0, 0.1) is 0 Å². The summed E-state index contributed by atoms with van der Waals surface area (Å²) in [5.41, 5.74) is 3.52. The molecule has 0 saturated carbocycles. The van der Waals surface area contributed by atoms with E-state index >= 15 is 0 Å². The number of nitrogens with zero attached hydrogens (tertiary/aromatic N) is 4. The number of rotatable bonds is 10. The number of methoxy groups -OCH3 is 2. The third-order valence-corrected chi connectivity index (χ3v) is 6.76. The summed E-state index contributed by atoms with van der Waals surface area (Å²) in [6.07, 6.45) is 0.932. The molecule has 3 aromatic carbocycles. The Morgan fingerprint density at radius 1 is 0.972 bits per heavy atom. The van der Waals surface area contributed by atoms with Gasteiger partial charge in [0, 0.05) is 30.5 Å². The summed E-state index contributed by atoms with van der Waals surface area (Å²) in [5.74, 6) is 2.87. The van der Waals surface area contributed by atoms with Crippen molar-refractivity contribution in [2.45, 2.75) is 24.3 Å². The summed E-state index contributed by atoms with van der Waals surface area (Å²) < 4.78 is 13.1. The van der Waals surface area contributed by atoms with E-state index in [4.69, 9.17) is 9.47 Å². The molecule has 0 aliphatic carbocycles. The SMILES string of the molecule is CCCN(C)C(=O)c1ccc(CSc2nnc(-c3cccc(OC)c3)n2-c2ccccc2OC)cc1. The van der Waals surface area contributed by atoms with Crippen molar-refractivity contribution in [3.63, 3.8) is 0 Å². The molecule has 1 amide bonds. The van der Waals surface area contributed by atoms with Gasteiger partial charge in [0.25, 0.3) is 5.91 Å². The number of hydrogen-bond donors (Lipinski definition) is 0. The number of benzene rings is 3. The minimum Gasteiger partial charge on any atom is -0.497 e. The number of ether oxygens (including phenoxy) is 2. The zero-order valence-corrected chi connectivity index (χ0v) is 21.8. The fourth-order valence-corrected chi connectivity index (χ4v) is 4.79. The van der Waals surface area contributed by atoms with Crippen LogP contribution in [0.5, 0.6) is 11.5 Å². The Morgan fingerprint density at radius 2 is 1.75 bits per heavy atom. The molecule has 186 valence electrons. The normalized spacial score (nSPS) is 10.8. The van der Waals surface area contributed by atoms with Gasteiger partial charge in [0.1, 0.15) is 11.5 Å². The van der Waals surface area contributed by atoms with Gasteiger partial charge in [0.05, 0.1) is 19.9 Å². The Labute approximate surface area is 216 Å². The minimum absolute atomic E-state index is 0.0369. The quantitative estimate of drug-likeness (QED) is 0.258. The van der Waals surface area contributed by atoms with Gasteiger partial charge in [-0.2, -0.15) is 0 Å². The lowest BCUT2D eigenvalue weighted by molar-refractivity contribution is 0.0795. The van der Waals surface area contributed by atoms with Gasteiger partial charge < -0.3 is 14.4 Å². The third kappa shape index (κ3) is 5.54. The number of carbonyl (C=O) groups is 1. The van der Waals surface area contributed by atoms with Gasteiger partial charge in [-0.1, -0.05) is 55.1 Å². The molecular weight excluding hydrogens is 472 g/mol. The van der Waals surface area contributed by atoms with Gasteiger partial charge in [-0.15, -0.1) is 10.2 Å². The van der Waals surface area contributed by atoms with E-state index in [1.165, 1.54) is 0 Å². The first-order chi connectivity index (χ1) is 17.5. The highest BCUT2D eigenvalue weighted by atomic mass is 32.2. The van der Waals surface area contributed by atoms with Crippen molar-refractivity contribution in [1.82, 2.24) is 19.7 Å². The first-order valence-corrected chi connectivity index (χ1v) is 12.7. The van der Waals surface area contributed by atoms with Crippen LogP contribution in [0.15, 0.2) is 78.0 Å². The maximum atomic E-state index is 12.5. The Kier molecular flexibility index (Phi) is 8.28. The average molecular weight is 503 g/mol. The number of para-hydroxylation sites is 2. The fraction of sp³-hybridized carbons (Fsp3) is 0.250. The highest BCUT2D eigenvalue weighted by molar-refractivity contribution is 7.98. The molecule has 0 N–H and O–H groups in total. The zero-order valence-electron chi connectivity index (χ0n) is 21.0. The lowest BCUT2D eigenvalue weighted by atomic mass is 10.1. The molecule has 0 aliphatic rings. The van der Waals surface area contributed by atoms with Gasteiger partial charge in [-0.3, -0.25) is 9.36 Å². The van der Waals surface area contributed by atoms with E-state index in [1.54, 1.807) is 30.9 Å². The summed E-state index contributed by atoms with van der Waals surface area (Å²) >= 11 is 1.58. The second-order valence-electron chi connectivity index (χ2n) is 8.26. The van der Waals surface area contributed by atoms with Gasteiger partial charge in [0.2, 0.25) is 0 Å². The first-order valence-electron chi connectivity index (χ1n) is 11.8. The van der Waals surface area contributed by atoms with Crippen molar-refractivity contribution >= 4 is 17.7 Å². The van der Waals surface area contributed by atoms with E-state index in [0.29, 0.717) is 17.1 Å². The molecule has 8 heteroatoms. The lowest BCUT2D eigenvalue weighted by Crippen LogP contribution is -2.27. The highest BCUT2D eigenvalue weighted by Crippen LogP contribution is 2.34. The molecule has 1 heterocycles. The Hall–Kier alpha value is -3.78. The van der Waals surface area contributed by atoms with Crippen LogP contribution in [-0.2, 0) is 5.75 Å². The van der Waals surface area contributed by atoms with Crippen LogP contribution in [0.3, 0.4) is 0 Å². The summed E-state index contributed by atoms with van der Waals surface area (Å²) in [4.78, 5) is 14.3. The van der Waals surface area contributed by atoms with Crippen LogP contribution < -0.4 is 9.47 Å². The van der Waals surface area contributed by atoms with Crippen molar-refractivity contribution in [2.75, 3.05) is 27.8 Å². The maximum absolute atomic E-state index is 12.5. The zero-order chi connectivity index (χ0) is 25.5. The number of amides is 1. The Balaban J connectivity index is 1.63.